The summed E-state index contributed by atoms with van der Waals surface area (Å²) in [6.07, 6.45) is 0.584. The van der Waals surface area contributed by atoms with Gasteiger partial charge in [-0.15, -0.1) is 11.3 Å². The van der Waals surface area contributed by atoms with Gasteiger partial charge in [0.1, 0.15) is 0 Å². The number of hydrogen-bond acceptors (Lipinski definition) is 4. The molecule has 0 spiro atoms. The van der Waals surface area contributed by atoms with Gasteiger partial charge in [0.05, 0.1) is 5.69 Å². The molecule has 84 valence electrons. The average molecular weight is 227 g/mol. The van der Waals surface area contributed by atoms with Crippen LogP contribution in [0.25, 0.3) is 0 Å². The van der Waals surface area contributed by atoms with Crippen LogP contribution in [0.5, 0.6) is 0 Å². The first-order valence-electron chi connectivity index (χ1n) is 4.98. The molecule has 3 nitrogen and oxygen atoms in total. The van der Waals surface area contributed by atoms with Crippen LogP contribution in [-0.4, -0.2) is 22.5 Å². The van der Waals surface area contributed by atoms with Crippen molar-refractivity contribution >= 4 is 17.1 Å². The van der Waals surface area contributed by atoms with Crippen molar-refractivity contribution in [1.82, 2.24) is 4.98 Å². The summed E-state index contributed by atoms with van der Waals surface area (Å²) in [4.78, 5) is 17.2. The van der Waals surface area contributed by atoms with E-state index in [0.29, 0.717) is 11.4 Å². The molecule has 0 bridgehead atoms. The van der Waals surface area contributed by atoms with Gasteiger partial charge in [0.25, 0.3) is 0 Å². The molecule has 0 amide bonds. The number of ketones is 1. The first-order valence-corrected chi connectivity index (χ1v) is 5.80. The third-order valence-corrected chi connectivity index (χ3v) is 3.32. The van der Waals surface area contributed by atoms with E-state index >= 15 is 0 Å². The molecule has 1 N–H and O–H groups in total. The highest BCUT2D eigenvalue weighted by atomic mass is 32.1. The Morgan fingerprint density at radius 2 is 2.07 bits per heavy atom. The smallest absolute Gasteiger partial charge is 0.196 e. The van der Waals surface area contributed by atoms with Gasteiger partial charge in [-0.2, -0.15) is 0 Å². The average Bonchev–Trinajstić information content (AvgIpc) is 2.46. The quantitative estimate of drug-likeness (QED) is 0.805. The Balaban J connectivity index is 2.97. The number of rotatable bonds is 3. The van der Waals surface area contributed by atoms with Crippen LogP contribution in [0.15, 0.2) is 0 Å². The molecule has 0 fully saturated rings. The van der Waals surface area contributed by atoms with E-state index < -0.39 is 0 Å². The standard InChI is InChI=1S/C11H17NO2S/c1-7-8(5-6-13)15-10(12-7)9(14)11(2,3)4/h13H,5-6H2,1-4H3. The van der Waals surface area contributed by atoms with E-state index in [1.807, 2.05) is 27.7 Å². The number of aliphatic hydroxyl groups is 1. The lowest BCUT2D eigenvalue weighted by molar-refractivity contribution is 0.0858. The van der Waals surface area contributed by atoms with Gasteiger partial charge in [0, 0.05) is 23.3 Å². The Morgan fingerprint density at radius 1 is 1.47 bits per heavy atom. The van der Waals surface area contributed by atoms with Crippen molar-refractivity contribution in [2.24, 2.45) is 5.41 Å². The third-order valence-electron chi connectivity index (χ3n) is 2.11. The monoisotopic (exact) mass is 227 g/mol. The first kappa shape index (κ1) is 12.3. The van der Waals surface area contributed by atoms with E-state index in [1.54, 1.807) is 0 Å². The van der Waals surface area contributed by atoms with E-state index in [2.05, 4.69) is 4.98 Å². The van der Waals surface area contributed by atoms with Gasteiger partial charge in [-0.25, -0.2) is 4.98 Å². The van der Waals surface area contributed by atoms with E-state index in [4.69, 9.17) is 5.11 Å². The Hall–Kier alpha value is -0.740. The Morgan fingerprint density at radius 3 is 2.53 bits per heavy atom. The van der Waals surface area contributed by atoms with Crippen molar-refractivity contribution in [3.8, 4) is 0 Å². The summed E-state index contributed by atoms with van der Waals surface area (Å²) in [5.74, 6) is 0.0692. The molecular formula is C11H17NO2S. The number of nitrogens with zero attached hydrogens (tertiary/aromatic N) is 1. The second kappa shape index (κ2) is 4.41. The fourth-order valence-corrected chi connectivity index (χ4v) is 2.38. The van der Waals surface area contributed by atoms with Gasteiger partial charge in [-0.3, -0.25) is 4.79 Å². The molecule has 1 aromatic rings. The van der Waals surface area contributed by atoms with E-state index in [0.717, 1.165) is 10.6 Å². The minimum atomic E-state index is -0.388. The SMILES string of the molecule is Cc1nc(C(=O)C(C)(C)C)sc1CCO. The lowest BCUT2D eigenvalue weighted by Crippen LogP contribution is -2.19. The zero-order valence-corrected chi connectivity index (χ0v) is 10.4. The number of thiazole rings is 1. The second-order valence-electron chi connectivity index (χ2n) is 4.58. The number of carbonyl (C=O) groups is 1. The Kier molecular flexibility index (Phi) is 3.62. The molecule has 4 heteroatoms. The van der Waals surface area contributed by atoms with Gasteiger partial charge < -0.3 is 5.11 Å². The lowest BCUT2D eigenvalue weighted by Gasteiger charge is -2.13. The molecule has 0 unspecified atom stereocenters. The lowest BCUT2D eigenvalue weighted by atomic mass is 9.91. The van der Waals surface area contributed by atoms with Gasteiger partial charge in [-0.05, 0) is 6.92 Å². The van der Waals surface area contributed by atoms with Crippen LogP contribution in [0, 0.1) is 12.3 Å². The second-order valence-corrected chi connectivity index (χ2v) is 5.66. The minimum Gasteiger partial charge on any atom is -0.396 e. The van der Waals surface area contributed by atoms with Crippen LogP contribution < -0.4 is 0 Å². The summed E-state index contributed by atoms with van der Waals surface area (Å²) in [6.45, 7) is 7.64. The number of aromatic nitrogens is 1. The fourth-order valence-electron chi connectivity index (χ4n) is 1.18. The maximum absolute atomic E-state index is 11.9. The number of carbonyl (C=O) groups excluding carboxylic acids is 1. The van der Waals surface area contributed by atoms with Crippen LogP contribution in [0.1, 0.15) is 41.1 Å². The highest BCUT2D eigenvalue weighted by molar-refractivity contribution is 7.13. The zero-order chi connectivity index (χ0) is 11.6. The van der Waals surface area contributed by atoms with Gasteiger partial charge >= 0.3 is 0 Å². The van der Waals surface area contributed by atoms with Crippen LogP contribution in [0.4, 0.5) is 0 Å². The molecule has 0 radical (unpaired) electrons. The molecule has 15 heavy (non-hydrogen) atoms. The van der Waals surface area contributed by atoms with E-state index in [9.17, 15) is 4.79 Å². The molecule has 0 aromatic carbocycles. The summed E-state index contributed by atoms with van der Waals surface area (Å²) in [5, 5.41) is 9.40. The van der Waals surface area contributed by atoms with Crippen LogP contribution >= 0.6 is 11.3 Å². The van der Waals surface area contributed by atoms with Crippen LogP contribution in [0.3, 0.4) is 0 Å². The van der Waals surface area contributed by atoms with E-state index in [-0.39, 0.29) is 17.8 Å². The molecule has 0 atom stereocenters. The van der Waals surface area contributed by atoms with Crippen molar-refractivity contribution in [3.63, 3.8) is 0 Å². The van der Waals surface area contributed by atoms with Crippen LogP contribution in [0.2, 0.25) is 0 Å². The van der Waals surface area contributed by atoms with Crippen molar-refractivity contribution in [3.05, 3.63) is 15.6 Å². The number of aryl methyl sites for hydroxylation is 1. The molecule has 0 saturated heterocycles. The molecule has 0 aliphatic carbocycles. The number of aliphatic hydroxyl groups excluding tert-OH is 1. The predicted molar refractivity (Wildman–Crippen MR) is 61.4 cm³/mol. The summed E-state index contributed by atoms with van der Waals surface area (Å²) < 4.78 is 0. The van der Waals surface area contributed by atoms with E-state index in [1.165, 1.54) is 11.3 Å². The minimum absolute atomic E-state index is 0.0692. The summed E-state index contributed by atoms with van der Waals surface area (Å²) in [6, 6.07) is 0. The molecule has 1 aromatic heterocycles. The highest BCUT2D eigenvalue weighted by Crippen LogP contribution is 2.26. The van der Waals surface area contributed by atoms with Crippen molar-refractivity contribution in [2.45, 2.75) is 34.1 Å². The maximum atomic E-state index is 11.9. The molecule has 1 heterocycles. The normalized spacial score (nSPS) is 11.8. The van der Waals surface area contributed by atoms with Crippen molar-refractivity contribution < 1.29 is 9.90 Å². The molecule has 0 saturated carbocycles. The molecule has 0 aliphatic heterocycles. The first-order chi connectivity index (χ1) is 6.86. The number of hydrogen-bond donors (Lipinski definition) is 1. The van der Waals surface area contributed by atoms with Crippen LogP contribution in [-0.2, 0) is 6.42 Å². The summed E-state index contributed by atoms with van der Waals surface area (Å²) in [7, 11) is 0. The third kappa shape index (κ3) is 2.86. The topological polar surface area (TPSA) is 50.2 Å². The van der Waals surface area contributed by atoms with Crippen molar-refractivity contribution in [2.75, 3.05) is 6.61 Å². The summed E-state index contributed by atoms with van der Waals surface area (Å²) in [5.41, 5.74) is 0.475. The molecular weight excluding hydrogens is 210 g/mol. The molecule has 0 aliphatic rings. The Bertz CT molecular complexity index is 363. The summed E-state index contributed by atoms with van der Waals surface area (Å²) >= 11 is 1.40. The van der Waals surface area contributed by atoms with Gasteiger partial charge in [-0.1, -0.05) is 20.8 Å². The largest absolute Gasteiger partial charge is 0.396 e. The predicted octanol–water partition coefficient (Wildman–Crippen LogP) is 2.22. The van der Waals surface area contributed by atoms with Gasteiger partial charge in [0.15, 0.2) is 10.8 Å². The van der Waals surface area contributed by atoms with Crippen molar-refractivity contribution in [1.29, 1.82) is 0 Å². The number of Topliss-reactive ketones (excluding diaryl/α,β-unsaturated/α-hetero) is 1. The highest BCUT2D eigenvalue weighted by Gasteiger charge is 2.26. The van der Waals surface area contributed by atoms with Gasteiger partial charge in [0.2, 0.25) is 0 Å². The zero-order valence-electron chi connectivity index (χ0n) is 9.63. The Labute approximate surface area is 94.2 Å². The molecule has 1 rings (SSSR count). The fraction of sp³-hybridized carbons (Fsp3) is 0.636. The maximum Gasteiger partial charge on any atom is 0.196 e.